The zero-order valence-corrected chi connectivity index (χ0v) is 23.0. The number of nitrogens with zero attached hydrogens (tertiary/aromatic N) is 2. The Morgan fingerprint density at radius 1 is 0.744 bits per heavy atom. The molecule has 4 aromatic rings. The lowest BCUT2D eigenvalue weighted by Gasteiger charge is -2.30. The first-order valence-corrected chi connectivity index (χ1v) is 13.7. The molecule has 1 saturated carbocycles. The molecule has 0 aromatic heterocycles. The minimum absolute atomic E-state index is 0.0466. The number of methoxy groups -OCH3 is 1. The Labute approximate surface area is 231 Å². The van der Waals surface area contributed by atoms with Crippen LogP contribution >= 0.6 is 0 Å². The molecule has 0 unspecified atom stereocenters. The summed E-state index contributed by atoms with van der Waals surface area (Å²) in [4.78, 5) is 30.0. The van der Waals surface area contributed by atoms with Crippen LogP contribution in [0.4, 0.5) is 11.4 Å². The molecule has 200 valence electrons. The van der Waals surface area contributed by atoms with Gasteiger partial charge in [-0.15, -0.1) is 0 Å². The average molecular weight is 521 g/mol. The topological polar surface area (TPSA) is 49.9 Å². The largest absolute Gasteiger partial charge is 0.465 e. The van der Waals surface area contributed by atoms with Gasteiger partial charge in [-0.3, -0.25) is 4.79 Å². The molecule has 5 nitrogen and oxygen atoms in total. The minimum atomic E-state index is -0.367. The number of benzene rings is 4. The molecule has 1 amide bonds. The summed E-state index contributed by atoms with van der Waals surface area (Å²) in [6.07, 6.45) is 5.29. The molecule has 0 heterocycles. The van der Waals surface area contributed by atoms with Crippen molar-refractivity contribution in [3.05, 3.63) is 96.1 Å². The van der Waals surface area contributed by atoms with Gasteiger partial charge in [-0.2, -0.15) is 0 Å². The van der Waals surface area contributed by atoms with Crippen molar-refractivity contribution in [1.29, 1.82) is 0 Å². The molecule has 1 aliphatic rings. The molecule has 0 N–H and O–H groups in total. The summed E-state index contributed by atoms with van der Waals surface area (Å²) < 4.78 is 4.91. The maximum Gasteiger partial charge on any atom is 0.337 e. The number of fused-ring (bicyclic) bond motifs is 1. The van der Waals surface area contributed by atoms with Gasteiger partial charge >= 0.3 is 5.97 Å². The molecule has 0 atom stereocenters. The summed E-state index contributed by atoms with van der Waals surface area (Å²) in [6.45, 7) is 0.497. The second-order valence-electron chi connectivity index (χ2n) is 10.6. The Bertz CT molecular complexity index is 1450. The van der Waals surface area contributed by atoms with Crippen LogP contribution in [0, 0.1) is 5.92 Å². The van der Waals surface area contributed by atoms with Gasteiger partial charge in [-0.1, -0.05) is 67.8 Å². The van der Waals surface area contributed by atoms with Gasteiger partial charge in [-0.05, 0) is 76.7 Å². The fourth-order valence-corrected chi connectivity index (χ4v) is 5.45. The van der Waals surface area contributed by atoms with E-state index in [9.17, 15) is 9.59 Å². The van der Waals surface area contributed by atoms with Crippen LogP contribution in [0.1, 0.15) is 48.0 Å². The smallest absolute Gasteiger partial charge is 0.337 e. The van der Waals surface area contributed by atoms with E-state index in [2.05, 4.69) is 53.4 Å². The van der Waals surface area contributed by atoms with E-state index in [0.717, 1.165) is 53.3 Å². The van der Waals surface area contributed by atoms with Crippen LogP contribution in [0.15, 0.2) is 84.9 Å². The molecule has 5 rings (SSSR count). The molecule has 0 spiro atoms. The lowest BCUT2D eigenvalue weighted by Crippen LogP contribution is -2.36. The highest BCUT2D eigenvalue weighted by Crippen LogP contribution is 2.31. The number of amides is 1. The van der Waals surface area contributed by atoms with Gasteiger partial charge in [-0.25, -0.2) is 4.79 Å². The number of carbonyl (C=O) groups excluding carboxylic acids is 2. The molecule has 0 radical (unpaired) electrons. The van der Waals surface area contributed by atoms with Crippen molar-refractivity contribution in [1.82, 2.24) is 0 Å². The Balaban J connectivity index is 1.45. The lowest BCUT2D eigenvalue weighted by molar-refractivity contribution is -0.123. The first kappa shape index (κ1) is 26.5. The summed E-state index contributed by atoms with van der Waals surface area (Å²) in [5.41, 5.74) is 5.91. The van der Waals surface area contributed by atoms with Gasteiger partial charge < -0.3 is 14.5 Å². The van der Waals surface area contributed by atoms with E-state index in [0.29, 0.717) is 12.1 Å². The van der Waals surface area contributed by atoms with Gasteiger partial charge in [0.2, 0.25) is 5.91 Å². The molecule has 4 aromatic carbocycles. The molecular formula is C34H36N2O3. The summed E-state index contributed by atoms with van der Waals surface area (Å²) >= 11 is 0. The summed E-state index contributed by atoms with van der Waals surface area (Å²) in [5.74, 6) is -0.138. The van der Waals surface area contributed by atoms with E-state index in [1.807, 2.05) is 49.3 Å². The number of carbonyl (C=O) groups is 2. The second kappa shape index (κ2) is 11.7. The van der Waals surface area contributed by atoms with Crippen molar-refractivity contribution in [3.63, 3.8) is 0 Å². The predicted octanol–water partition coefficient (Wildman–Crippen LogP) is 7.47. The summed E-state index contributed by atoms with van der Waals surface area (Å²) in [7, 11) is 5.47. The first-order chi connectivity index (χ1) is 18.9. The third-order valence-corrected chi connectivity index (χ3v) is 7.79. The van der Waals surface area contributed by atoms with Crippen LogP contribution in [-0.2, 0) is 16.1 Å². The number of hydrogen-bond donors (Lipinski definition) is 0. The fourth-order valence-electron chi connectivity index (χ4n) is 5.45. The minimum Gasteiger partial charge on any atom is -0.465 e. The van der Waals surface area contributed by atoms with Crippen LogP contribution in [0.3, 0.4) is 0 Å². The number of hydrogen-bond acceptors (Lipinski definition) is 4. The van der Waals surface area contributed by atoms with Crippen LogP contribution in [0.25, 0.3) is 21.9 Å². The molecule has 0 saturated heterocycles. The maximum absolute atomic E-state index is 13.9. The van der Waals surface area contributed by atoms with Crippen molar-refractivity contribution >= 4 is 34.0 Å². The third kappa shape index (κ3) is 5.98. The Morgan fingerprint density at radius 3 is 2.00 bits per heavy atom. The van der Waals surface area contributed by atoms with Crippen molar-refractivity contribution in [3.8, 4) is 11.1 Å². The standard InChI is InChI=1S/C34H36N2O3/c1-35(2)31-18-15-26(16-19-31)25-11-9-24(10-12-25)23-36(33(37)28-7-5-4-6-8-28)32-20-17-27-13-14-29(34(38)39-3)21-30(27)22-32/h9-22,28H,4-8,23H2,1-3H3. The van der Waals surface area contributed by atoms with Gasteiger partial charge in [0.15, 0.2) is 0 Å². The second-order valence-corrected chi connectivity index (χ2v) is 10.6. The van der Waals surface area contributed by atoms with E-state index in [1.54, 1.807) is 6.07 Å². The Kier molecular flexibility index (Phi) is 7.97. The highest BCUT2D eigenvalue weighted by atomic mass is 16.5. The average Bonchev–Trinajstić information content (AvgIpc) is 2.99. The van der Waals surface area contributed by atoms with Gasteiger partial charge in [0.1, 0.15) is 0 Å². The summed E-state index contributed by atoms with van der Waals surface area (Å²) in [6, 6.07) is 28.6. The number of rotatable bonds is 7. The SMILES string of the molecule is COC(=O)c1ccc2ccc(N(Cc3ccc(-c4ccc(N(C)C)cc4)cc3)C(=O)C3CCCCC3)cc2c1. The lowest BCUT2D eigenvalue weighted by atomic mass is 9.88. The van der Waals surface area contributed by atoms with E-state index in [4.69, 9.17) is 4.74 Å². The van der Waals surface area contributed by atoms with E-state index in [1.165, 1.54) is 24.8 Å². The summed E-state index contributed by atoms with van der Waals surface area (Å²) in [5, 5.41) is 1.93. The Hall–Kier alpha value is -4.12. The molecule has 5 heteroatoms. The van der Waals surface area contributed by atoms with Crippen molar-refractivity contribution in [2.45, 2.75) is 38.6 Å². The van der Waals surface area contributed by atoms with Gasteiger partial charge in [0.05, 0.1) is 19.2 Å². The zero-order chi connectivity index (χ0) is 27.4. The van der Waals surface area contributed by atoms with Crippen LogP contribution in [0.2, 0.25) is 0 Å². The van der Waals surface area contributed by atoms with Gasteiger partial charge in [0.25, 0.3) is 0 Å². The highest BCUT2D eigenvalue weighted by Gasteiger charge is 2.27. The normalized spacial score (nSPS) is 13.7. The van der Waals surface area contributed by atoms with Crippen LogP contribution in [-0.4, -0.2) is 33.1 Å². The predicted molar refractivity (Wildman–Crippen MR) is 159 cm³/mol. The van der Waals surface area contributed by atoms with Crippen molar-refractivity contribution < 1.29 is 14.3 Å². The molecular weight excluding hydrogens is 484 g/mol. The number of anilines is 2. The molecule has 1 fully saturated rings. The third-order valence-electron chi connectivity index (χ3n) is 7.79. The molecule has 39 heavy (non-hydrogen) atoms. The van der Waals surface area contributed by atoms with Crippen molar-refractivity contribution in [2.24, 2.45) is 5.92 Å². The van der Waals surface area contributed by atoms with Crippen LogP contribution < -0.4 is 9.80 Å². The molecule has 0 bridgehead atoms. The number of esters is 1. The van der Waals surface area contributed by atoms with Crippen LogP contribution in [0.5, 0.6) is 0 Å². The quantitative estimate of drug-likeness (QED) is 0.237. The zero-order valence-electron chi connectivity index (χ0n) is 23.0. The molecule has 0 aliphatic heterocycles. The first-order valence-electron chi connectivity index (χ1n) is 13.7. The highest BCUT2D eigenvalue weighted by molar-refractivity contribution is 6.00. The van der Waals surface area contributed by atoms with E-state index >= 15 is 0 Å². The monoisotopic (exact) mass is 520 g/mol. The molecule has 1 aliphatic carbocycles. The Morgan fingerprint density at radius 2 is 1.36 bits per heavy atom. The maximum atomic E-state index is 13.9. The van der Waals surface area contributed by atoms with Crippen molar-refractivity contribution in [2.75, 3.05) is 31.0 Å². The number of ether oxygens (including phenoxy) is 1. The fraction of sp³-hybridized carbons (Fsp3) is 0.294. The van der Waals surface area contributed by atoms with E-state index in [-0.39, 0.29) is 17.8 Å². The van der Waals surface area contributed by atoms with Gasteiger partial charge in [0, 0.05) is 31.4 Å². The van der Waals surface area contributed by atoms with E-state index < -0.39 is 0 Å².